The zero-order valence-electron chi connectivity index (χ0n) is 10.3. The van der Waals surface area contributed by atoms with Crippen LogP contribution in [0, 0.1) is 0 Å². The lowest BCUT2D eigenvalue weighted by Gasteiger charge is -2.09. The van der Waals surface area contributed by atoms with E-state index in [1.54, 1.807) is 0 Å². The third kappa shape index (κ3) is 2.94. The summed E-state index contributed by atoms with van der Waals surface area (Å²) < 4.78 is 72.1. The molecule has 0 saturated carbocycles. The highest BCUT2D eigenvalue weighted by atomic mass is 32.2. The molecule has 0 aliphatic carbocycles. The summed E-state index contributed by atoms with van der Waals surface area (Å²) in [6.07, 6.45) is 0. The predicted octanol–water partition coefficient (Wildman–Crippen LogP) is 2.03. The molecular weight excluding hydrogens is 317 g/mol. The topological polar surface area (TPSA) is 82.8 Å². The monoisotopic (exact) mass is 324 g/mol. The van der Waals surface area contributed by atoms with Crippen LogP contribution in [0.2, 0.25) is 0 Å². The van der Waals surface area contributed by atoms with E-state index in [-0.39, 0.29) is 16.9 Å². The lowest BCUT2D eigenvalue weighted by atomic mass is 10.2. The lowest BCUT2D eigenvalue weighted by Crippen LogP contribution is -2.28. The van der Waals surface area contributed by atoms with Gasteiger partial charge in [-0.25, -0.2) is 0 Å². The fraction of sp³-hybridized carbons (Fsp3) is 0.182. The molecule has 0 amide bonds. The van der Waals surface area contributed by atoms with Crippen molar-refractivity contribution in [2.75, 3.05) is 7.11 Å². The summed E-state index contributed by atoms with van der Waals surface area (Å²) in [5.41, 5.74) is -6.23. The standard InChI is InChI=1S/C11H7F3O6S/c1-18-10-5-8(15)7-3-2-6(4-9(7)19-10)20-21(16,17)11(12,13)14/h2-5H,1H3. The Morgan fingerprint density at radius 1 is 1.19 bits per heavy atom. The second kappa shape index (κ2) is 4.95. The third-order valence-electron chi connectivity index (χ3n) is 2.37. The molecule has 0 N–H and O–H groups in total. The minimum Gasteiger partial charge on any atom is -0.468 e. The number of alkyl halides is 3. The lowest BCUT2D eigenvalue weighted by molar-refractivity contribution is -0.0500. The first-order valence-corrected chi connectivity index (χ1v) is 6.67. The summed E-state index contributed by atoms with van der Waals surface area (Å²) in [5, 5.41) is 0.0348. The molecule has 6 nitrogen and oxygen atoms in total. The van der Waals surface area contributed by atoms with Crippen molar-refractivity contribution in [1.82, 2.24) is 0 Å². The van der Waals surface area contributed by atoms with Gasteiger partial charge in [0.1, 0.15) is 11.3 Å². The van der Waals surface area contributed by atoms with E-state index in [4.69, 9.17) is 9.15 Å². The SMILES string of the molecule is COc1cc(=O)c2ccc(OS(=O)(=O)C(F)(F)F)cc2o1. The Balaban J connectivity index is 2.51. The summed E-state index contributed by atoms with van der Waals surface area (Å²) in [4.78, 5) is 11.6. The maximum absolute atomic E-state index is 12.2. The highest BCUT2D eigenvalue weighted by Crippen LogP contribution is 2.29. The Kier molecular flexibility index (Phi) is 3.58. The highest BCUT2D eigenvalue weighted by molar-refractivity contribution is 7.88. The van der Waals surface area contributed by atoms with Gasteiger partial charge in [0.2, 0.25) is 0 Å². The normalized spacial score (nSPS) is 12.4. The van der Waals surface area contributed by atoms with Gasteiger partial charge < -0.3 is 13.3 Å². The van der Waals surface area contributed by atoms with Crippen molar-refractivity contribution in [3.8, 4) is 11.7 Å². The number of ether oxygens (including phenoxy) is 1. The van der Waals surface area contributed by atoms with Gasteiger partial charge in [0.15, 0.2) is 5.43 Å². The molecule has 0 unspecified atom stereocenters. The molecule has 1 heterocycles. The first-order valence-electron chi connectivity index (χ1n) is 5.27. The Labute approximate surface area is 115 Å². The van der Waals surface area contributed by atoms with Crippen LogP contribution in [0.4, 0.5) is 13.2 Å². The molecule has 0 spiro atoms. The largest absolute Gasteiger partial charge is 0.534 e. The molecular formula is C11H7F3O6S. The van der Waals surface area contributed by atoms with E-state index >= 15 is 0 Å². The summed E-state index contributed by atoms with van der Waals surface area (Å²) in [6.45, 7) is 0. The van der Waals surface area contributed by atoms with Crippen LogP contribution in [0.15, 0.2) is 33.5 Å². The van der Waals surface area contributed by atoms with E-state index in [1.165, 1.54) is 7.11 Å². The van der Waals surface area contributed by atoms with Crippen LogP contribution in [-0.2, 0) is 10.1 Å². The van der Waals surface area contributed by atoms with Gasteiger partial charge in [-0.2, -0.15) is 21.6 Å². The number of methoxy groups -OCH3 is 1. The van der Waals surface area contributed by atoms with Crippen LogP contribution in [0.1, 0.15) is 0 Å². The van der Waals surface area contributed by atoms with E-state index in [1.807, 2.05) is 0 Å². The molecule has 0 aliphatic rings. The van der Waals surface area contributed by atoms with E-state index < -0.39 is 26.8 Å². The van der Waals surface area contributed by atoms with Crippen LogP contribution in [0.25, 0.3) is 11.0 Å². The van der Waals surface area contributed by atoms with Crippen LogP contribution in [0.5, 0.6) is 11.7 Å². The molecule has 0 fully saturated rings. The fourth-order valence-electron chi connectivity index (χ4n) is 1.44. The molecule has 0 atom stereocenters. The van der Waals surface area contributed by atoms with Crippen molar-refractivity contribution < 1.29 is 34.9 Å². The van der Waals surface area contributed by atoms with E-state index in [9.17, 15) is 26.4 Å². The van der Waals surface area contributed by atoms with Crippen molar-refractivity contribution in [1.29, 1.82) is 0 Å². The number of rotatable bonds is 3. The Morgan fingerprint density at radius 2 is 1.86 bits per heavy atom. The van der Waals surface area contributed by atoms with Crippen LogP contribution < -0.4 is 14.3 Å². The second-order valence-electron chi connectivity index (χ2n) is 3.77. The van der Waals surface area contributed by atoms with Gasteiger partial charge >= 0.3 is 15.6 Å². The molecule has 1 aromatic carbocycles. The zero-order chi connectivity index (χ0) is 15.8. The fourth-order valence-corrected chi connectivity index (χ4v) is 1.89. The molecule has 1 aromatic heterocycles. The summed E-state index contributed by atoms with van der Waals surface area (Å²) in [6, 6.07) is 3.88. The molecule has 21 heavy (non-hydrogen) atoms. The van der Waals surface area contributed by atoms with Gasteiger partial charge in [-0.1, -0.05) is 0 Å². The van der Waals surface area contributed by atoms with Crippen LogP contribution in [0.3, 0.4) is 0 Å². The minimum atomic E-state index is -5.80. The molecule has 0 saturated heterocycles. The molecule has 114 valence electrons. The summed E-state index contributed by atoms with van der Waals surface area (Å²) >= 11 is 0. The van der Waals surface area contributed by atoms with Crippen molar-refractivity contribution in [2.45, 2.75) is 5.51 Å². The zero-order valence-corrected chi connectivity index (χ0v) is 11.1. The number of fused-ring (bicyclic) bond motifs is 1. The van der Waals surface area contributed by atoms with E-state index in [2.05, 4.69) is 4.18 Å². The van der Waals surface area contributed by atoms with E-state index in [0.717, 1.165) is 24.3 Å². The van der Waals surface area contributed by atoms with Gasteiger partial charge in [-0.3, -0.25) is 4.79 Å². The number of halogens is 3. The van der Waals surface area contributed by atoms with Crippen LogP contribution >= 0.6 is 0 Å². The maximum atomic E-state index is 12.2. The third-order valence-corrected chi connectivity index (χ3v) is 3.35. The van der Waals surface area contributed by atoms with Crippen molar-refractivity contribution in [3.63, 3.8) is 0 Å². The first kappa shape index (κ1) is 15.2. The first-order chi connectivity index (χ1) is 9.64. The average molecular weight is 324 g/mol. The molecule has 0 radical (unpaired) electrons. The minimum absolute atomic E-state index is 0.0348. The molecule has 10 heteroatoms. The van der Waals surface area contributed by atoms with Gasteiger partial charge in [0.05, 0.1) is 18.6 Å². The molecule has 0 bridgehead atoms. The van der Waals surface area contributed by atoms with Crippen molar-refractivity contribution in [3.05, 3.63) is 34.5 Å². The molecule has 2 aromatic rings. The molecule has 2 rings (SSSR count). The highest BCUT2D eigenvalue weighted by Gasteiger charge is 2.48. The summed E-state index contributed by atoms with van der Waals surface area (Å²) in [7, 11) is -4.58. The second-order valence-corrected chi connectivity index (χ2v) is 5.31. The van der Waals surface area contributed by atoms with Crippen LogP contribution in [-0.4, -0.2) is 21.0 Å². The predicted molar refractivity (Wildman–Crippen MR) is 64.6 cm³/mol. The van der Waals surface area contributed by atoms with Gasteiger partial charge in [0.25, 0.3) is 5.95 Å². The van der Waals surface area contributed by atoms with Crippen molar-refractivity contribution >= 4 is 21.1 Å². The Bertz CT molecular complexity index is 837. The summed E-state index contributed by atoms with van der Waals surface area (Å²) in [5.74, 6) is -0.820. The number of hydrogen-bond acceptors (Lipinski definition) is 6. The number of benzene rings is 1. The number of hydrogen-bond donors (Lipinski definition) is 0. The Morgan fingerprint density at radius 3 is 2.43 bits per heavy atom. The van der Waals surface area contributed by atoms with Gasteiger partial charge in [-0.15, -0.1) is 0 Å². The van der Waals surface area contributed by atoms with E-state index in [0.29, 0.717) is 0 Å². The maximum Gasteiger partial charge on any atom is 0.534 e. The van der Waals surface area contributed by atoms with Gasteiger partial charge in [-0.05, 0) is 12.1 Å². The van der Waals surface area contributed by atoms with Gasteiger partial charge in [0, 0.05) is 6.07 Å². The Hall–Kier alpha value is -2.23. The molecule has 0 aliphatic heterocycles. The quantitative estimate of drug-likeness (QED) is 0.634. The smallest absolute Gasteiger partial charge is 0.468 e. The van der Waals surface area contributed by atoms with Crippen molar-refractivity contribution in [2.24, 2.45) is 0 Å². The average Bonchev–Trinajstić information content (AvgIpc) is 2.36.